The molecule has 0 aliphatic carbocycles. The van der Waals surface area contributed by atoms with Gasteiger partial charge in [-0.3, -0.25) is 0 Å². The molecule has 0 bridgehead atoms. The predicted molar refractivity (Wildman–Crippen MR) is 64.8 cm³/mol. The third kappa shape index (κ3) is 8.44. The Kier molecular flexibility index (Phi) is 11.7. The molecule has 0 heterocycles. The van der Waals surface area contributed by atoms with Crippen LogP contribution in [0, 0.1) is 11.8 Å². The number of hydrogen-bond acceptors (Lipinski definition) is 0. The van der Waals surface area contributed by atoms with Crippen LogP contribution in [-0.4, -0.2) is 14.1 Å². The molecule has 0 aliphatic heterocycles. The molecule has 2 heteroatoms. The molecular formula is C12H27AlLi. The van der Waals surface area contributed by atoms with Crippen molar-refractivity contribution in [3.63, 3.8) is 0 Å². The monoisotopic (exact) mass is 205 g/mol. The summed E-state index contributed by atoms with van der Waals surface area (Å²) in [7, 11) is 0. The van der Waals surface area contributed by atoms with Crippen molar-refractivity contribution in [2.75, 3.05) is 0 Å². The van der Waals surface area contributed by atoms with Crippen molar-refractivity contribution in [1.29, 1.82) is 0 Å². The Labute approximate surface area is 108 Å². The van der Waals surface area contributed by atoms with Gasteiger partial charge in [0.1, 0.15) is 0 Å². The molecule has 0 spiro atoms. The molecule has 0 aliphatic rings. The average Bonchev–Trinajstić information content (AvgIpc) is 2.00. The molecule has 0 amide bonds. The van der Waals surface area contributed by atoms with E-state index in [0.717, 1.165) is 16.6 Å². The maximum atomic E-state index is 2.47. The fraction of sp³-hybridized carbons (Fsp3) is 1.00. The van der Waals surface area contributed by atoms with E-state index in [-0.39, 0.29) is 18.9 Å². The Morgan fingerprint density at radius 3 is 1.43 bits per heavy atom. The Hall–Kier alpha value is 1.13. The molecule has 0 aromatic carbocycles. The molecule has 0 fully saturated rings. The maximum Gasteiger partial charge on any atom is 1.00 e. The van der Waals surface area contributed by atoms with Crippen molar-refractivity contribution in [2.24, 2.45) is 11.8 Å². The van der Waals surface area contributed by atoms with Crippen molar-refractivity contribution < 1.29 is 18.9 Å². The number of rotatable bonds is 6. The van der Waals surface area contributed by atoms with Gasteiger partial charge in [0.05, 0.1) is 0 Å². The summed E-state index contributed by atoms with van der Waals surface area (Å²) in [6.07, 6.45) is 1.40. The maximum absolute atomic E-state index is 2.47. The summed E-state index contributed by atoms with van der Waals surface area (Å²) in [5.41, 5.74) is 0. The summed E-state index contributed by atoms with van der Waals surface area (Å²) in [6, 6.07) is 0. The number of hydrogen-bond donors (Lipinski definition) is 0. The van der Waals surface area contributed by atoms with Crippen LogP contribution in [0.1, 0.15) is 48.0 Å². The van der Waals surface area contributed by atoms with Crippen molar-refractivity contribution in [3.05, 3.63) is 0 Å². The van der Waals surface area contributed by atoms with Crippen LogP contribution in [0.5, 0.6) is 0 Å². The molecular weight excluding hydrogens is 178 g/mol. The third-order valence-corrected chi connectivity index (χ3v) is 8.17. The van der Waals surface area contributed by atoms with Crippen LogP contribution < -0.4 is 18.9 Å². The normalized spacial score (nSPS) is 13.5. The van der Waals surface area contributed by atoms with Gasteiger partial charge in [0.2, 0.25) is 0 Å². The van der Waals surface area contributed by atoms with Crippen LogP contribution in [0.15, 0.2) is 0 Å². The molecule has 14 heavy (non-hydrogen) atoms. The first-order chi connectivity index (χ1) is 5.97. The summed E-state index contributed by atoms with van der Waals surface area (Å²) in [4.78, 5) is 0. The van der Waals surface area contributed by atoms with Crippen molar-refractivity contribution >= 4 is 14.1 Å². The summed E-state index contributed by atoms with van der Waals surface area (Å²) in [5, 5.41) is 3.10. The Morgan fingerprint density at radius 1 is 0.857 bits per heavy atom. The van der Waals surface area contributed by atoms with Gasteiger partial charge in [0.25, 0.3) is 0 Å². The molecule has 0 aromatic rings. The van der Waals surface area contributed by atoms with Gasteiger partial charge in [-0.05, 0) is 14.1 Å². The Balaban J connectivity index is 0. The standard InChI is InChI=1S/3C4H9.Al.Li/c2*1-4(2)3;1-3-4-2;;/h2*4H,1H2,2-3H3;3H,4H2,1-2H3;;/q;;;-1;+1. The topological polar surface area (TPSA) is 0 Å². The van der Waals surface area contributed by atoms with Crippen LogP contribution >= 0.6 is 0 Å². The first-order valence-electron chi connectivity index (χ1n) is 5.97. The minimum atomic E-state index is -0.444. The summed E-state index contributed by atoms with van der Waals surface area (Å²) < 4.78 is 1.05. The zero-order valence-corrected chi connectivity index (χ0v) is 12.6. The average molecular weight is 205 g/mol. The largest absolute Gasteiger partial charge is 1.00 e. The molecule has 0 aromatic heterocycles. The van der Waals surface area contributed by atoms with E-state index in [4.69, 9.17) is 0 Å². The zero-order valence-electron chi connectivity index (χ0n) is 11.4. The molecule has 1 radical (unpaired) electrons. The fourth-order valence-corrected chi connectivity index (χ4v) is 6.32. The van der Waals surface area contributed by atoms with Gasteiger partial charge in [0, 0.05) is 0 Å². The van der Waals surface area contributed by atoms with E-state index in [1.807, 2.05) is 0 Å². The summed E-state index contributed by atoms with van der Waals surface area (Å²) in [6.45, 7) is 14.3. The molecule has 79 valence electrons. The van der Waals surface area contributed by atoms with Crippen LogP contribution in [0.2, 0.25) is 15.3 Å². The second-order valence-corrected chi connectivity index (χ2v) is 9.01. The van der Waals surface area contributed by atoms with E-state index in [9.17, 15) is 0 Å². The van der Waals surface area contributed by atoms with Gasteiger partial charge < -0.3 is 0 Å². The minimum Gasteiger partial charge on any atom is -0.220 e. The van der Waals surface area contributed by atoms with Crippen molar-refractivity contribution in [2.45, 2.75) is 63.3 Å². The molecule has 0 nitrogen and oxygen atoms in total. The molecule has 0 saturated heterocycles. The Morgan fingerprint density at radius 2 is 1.21 bits per heavy atom. The van der Waals surface area contributed by atoms with Crippen LogP contribution in [0.25, 0.3) is 0 Å². The second kappa shape index (κ2) is 9.36. The quantitative estimate of drug-likeness (QED) is 0.578. The zero-order chi connectivity index (χ0) is 10.4. The predicted octanol–water partition coefficient (Wildman–Crippen LogP) is 1.60. The minimum absolute atomic E-state index is 0. The van der Waals surface area contributed by atoms with Crippen LogP contribution in [0.3, 0.4) is 0 Å². The molecule has 1 unspecified atom stereocenters. The van der Waals surface area contributed by atoms with Crippen molar-refractivity contribution in [3.8, 4) is 0 Å². The summed E-state index contributed by atoms with van der Waals surface area (Å²) in [5.74, 6) is 1.84. The molecule has 0 N–H and O–H groups in total. The third-order valence-electron chi connectivity index (χ3n) is 3.00. The van der Waals surface area contributed by atoms with E-state index in [1.54, 1.807) is 10.6 Å². The second-order valence-electron chi connectivity index (χ2n) is 5.40. The van der Waals surface area contributed by atoms with Gasteiger partial charge in [-0.2, -0.15) is 0 Å². The van der Waals surface area contributed by atoms with Gasteiger partial charge >= 0.3 is 18.9 Å². The van der Waals surface area contributed by atoms with E-state index in [1.165, 1.54) is 6.42 Å². The van der Waals surface area contributed by atoms with Gasteiger partial charge in [-0.1, -0.05) is 52.9 Å². The SMILES string of the molecule is CC[CH](C)[Al-]([CH2]C(C)C)[CH2]C(C)C.[Li+]. The van der Waals surface area contributed by atoms with Gasteiger partial charge in [-0.25, -0.2) is 15.3 Å². The van der Waals surface area contributed by atoms with Crippen LogP contribution in [-0.2, 0) is 0 Å². The smallest absolute Gasteiger partial charge is 0.220 e. The van der Waals surface area contributed by atoms with Gasteiger partial charge in [-0.15, -0.1) is 6.92 Å². The first kappa shape index (κ1) is 17.5. The summed E-state index contributed by atoms with van der Waals surface area (Å²) >= 11 is -0.444. The first-order valence-corrected chi connectivity index (χ1v) is 8.27. The molecule has 1 atom stereocenters. The fourth-order valence-electron chi connectivity index (χ4n) is 2.11. The van der Waals surface area contributed by atoms with E-state index in [2.05, 4.69) is 41.5 Å². The van der Waals surface area contributed by atoms with Crippen molar-refractivity contribution in [1.82, 2.24) is 0 Å². The Bertz CT molecular complexity index is 113. The van der Waals surface area contributed by atoms with E-state index in [0.29, 0.717) is 0 Å². The molecule has 0 saturated carbocycles. The molecule has 0 rings (SSSR count). The van der Waals surface area contributed by atoms with E-state index < -0.39 is 14.1 Å². The van der Waals surface area contributed by atoms with Gasteiger partial charge in [0.15, 0.2) is 0 Å². The van der Waals surface area contributed by atoms with Crippen LogP contribution in [0.4, 0.5) is 0 Å². The van der Waals surface area contributed by atoms with E-state index >= 15 is 0 Å².